The Morgan fingerprint density at radius 2 is 0.868 bits per heavy atom. The van der Waals surface area contributed by atoms with Crippen LogP contribution in [-0.4, -0.2) is 61.6 Å². The van der Waals surface area contributed by atoms with E-state index < -0.39 is 48.5 Å². The van der Waals surface area contributed by atoms with Crippen LogP contribution < -0.4 is 10.6 Å². The lowest BCUT2D eigenvalue weighted by atomic mass is 9.82. The fourth-order valence-electron chi connectivity index (χ4n) is 5.51. The summed E-state index contributed by atoms with van der Waals surface area (Å²) in [5.41, 5.74) is 0. The Morgan fingerprint density at radius 3 is 1.18 bits per heavy atom. The number of rotatable bonds is 10. The van der Waals surface area contributed by atoms with E-state index >= 15 is 0 Å². The molecule has 0 heterocycles. The first-order valence-electron chi connectivity index (χ1n) is 13.9. The van der Waals surface area contributed by atoms with Crippen molar-refractivity contribution in [3.63, 3.8) is 0 Å². The Hall–Kier alpha value is -3.04. The molecule has 0 aliphatic heterocycles. The van der Waals surface area contributed by atoms with Crippen LogP contribution in [0.15, 0.2) is 25.3 Å². The van der Waals surface area contributed by atoms with Crippen molar-refractivity contribution in [2.75, 3.05) is 13.1 Å². The molecule has 10 nitrogen and oxygen atoms in total. The van der Waals surface area contributed by atoms with Crippen LogP contribution in [0.25, 0.3) is 0 Å². The van der Waals surface area contributed by atoms with Gasteiger partial charge in [-0.3, -0.25) is 0 Å². The number of carbonyl (C=O) groups excluding carboxylic acids is 4. The third-order valence-corrected chi connectivity index (χ3v) is 7.71. The van der Waals surface area contributed by atoms with Gasteiger partial charge in [0.2, 0.25) is 0 Å². The molecule has 4 atom stereocenters. The Bertz CT molecular complexity index is 771. The summed E-state index contributed by atoms with van der Waals surface area (Å²) in [6, 6.07) is 0. The largest absolute Gasteiger partial charge is 0.455 e. The average Bonchev–Trinajstić information content (AvgIpc) is 2.93. The van der Waals surface area contributed by atoms with Gasteiger partial charge in [0.05, 0.1) is 0 Å². The molecule has 2 N–H and O–H groups in total. The lowest BCUT2D eigenvalue weighted by molar-refractivity contribution is -0.152. The van der Waals surface area contributed by atoms with Crippen molar-refractivity contribution in [3.05, 3.63) is 25.3 Å². The molecule has 0 spiro atoms. The molecule has 212 valence electrons. The van der Waals surface area contributed by atoms with Crippen molar-refractivity contribution in [3.8, 4) is 0 Å². The van der Waals surface area contributed by atoms with E-state index in [2.05, 4.69) is 23.8 Å². The Balaban J connectivity index is 1.31. The van der Waals surface area contributed by atoms with Gasteiger partial charge >= 0.3 is 24.1 Å². The first-order chi connectivity index (χ1) is 18.4. The van der Waals surface area contributed by atoms with Crippen LogP contribution in [0.4, 0.5) is 9.59 Å². The second kappa shape index (κ2) is 15.4. The van der Waals surface area contributed by atoms with Gasteiger partial charge in [-0.25, -0.2) is 19.2 Å². The minimum absolute atomic E-state index is 0.342. The number of ether oxygens (including phenoxy) is 4. The summed E-state index contributed by atoms with van der Waals surface area (Å²) >= 11 is 0. The summed E-state index contributed by atoms with van der Waals surface area (Å²) in [7, 11) is 0. The Labute approximate surface area is 224 Å². The molecule has 3 aliphatic carbocycles. The maximum absolute atomic E-state index is 12.4. The van der Waals surface area contributed by atoms with Crippen molar-refractivity contribution < 1.29 is 38.1 Å². The number of hydrogen-bond donors (Lipinski definition) is 2. The number of alkyl carbamates (subject to hydrolysis) is 2. The summed E-state index contributed by atoms with van der Waals surface area (Å²) < 4.78 is 21.8. The molecule has 38 heavy (non-hydrogen) atoms. The van der Waals surface area contributed by atoms with E-state index in [0.29, 0.717) is 50.6 Å². The van der Waals surface area contributed by atoms with Gasteiger partial charge in [-0.05, 0) is 88.9 Å². The van der Waals surface area contributed by atoms with Crippen molar-refractivity contribution >= 4 is 24.1 Å². The topological polar surface area (TPSA) is 129 Å². The number of esters is 2. The molecule has 0 aromatic heterocycles. The molecule has 10 heteroatoms. The highest BCUT2D eigenvalue weighted by atomic mass is 16.6. The average molecular weight is 535 g/mol. The highest BCUT2D eigenvalue weighted by Gasteiger charge is 2.33. The molecule has 0 aromatic carbocycles. The van der Waals surface area contributed by atoms with Crippen LogP contribution in [0, 0.1) is 11.8 Å². The van der Waals surface area contributed by atoms with Crippen molar-refractivity contribution in [1.82, 2.24) is 10.6 Å². The molecule has 0 saturated heterocycles. The van der Waals surface area contributed by atoms with E-state index in [4.69, 9.17) is 18.9 Å². The maximum atomic E-state index is 12.4. The van der Waals surface area contributed by atoms with Gasteiger partial charge < -0.3 is 29.6 Å². The van der Waals surface area contributed by atoms with E-state index in [0.717, 1.165) is 63.5 Å². The van der Waals surface area contributed by atoms with Crippen LogP contribution >= 0.6 is 0 Å². The van der Waals surface area contributed by atoms with Crippen LogP contribution in [0.1, 0.15) is 77.0 Å². The summed E-state index contributed by atoms with van der Waals surface area (Å²) in [6.07, 6.45) is 9.69. The van der Waals surface area contributed by atoms with Gasteiger partial charge in [0.1, 0.15) is 24.4 Å². The van der Waals surface area contributed by atoms with E-state index in [1.54, 1.807) is 0 Å². The first-order valence-corrected chi connectivity index (χ1v) is 13.9. The minimum Gasteiger partial charge on any atom is -0.455 e. The van der Waals surface area contributed by atoms with Crippen LogP contribution in [0.5, 0.6) is 0 Å². The fourth-order valence-corrected chi connectivity index (χ4v) is 5.51. The molecule has 0 bridgehead atoms. The smallest absolute Gasteiger partial charge is 0.407 e. The van der Waals surface area contributed by atoms with E-state index in [-0.39, 0.29) is 0 Å². The third-order valence-electron chi connectivity index (χ3n) is 7.71. The molecule has 3 fully saturated rings. The molecule has 4 unspecified atom stereocenters. The number of carbonyl (C=O) groups is 4. The lowest BCUT2D eigenvalue weighted by Crippen LogP contribution is -2.42. The van der Waals surface area contributed by atoms with E-state index in [1.807, 2.05) is 0 Å². The predicted octanol–water partition coefficient (Wildman–Crippen LogP) is 4.33. The van der Waals surface area contributed by atoms with Gasteiger partial charge in [-0.15, -0.1) is 0 Å². The zero-order valence-electron chi connectivity index (χ0n) is 22.2. The SMILES string of the molecule is C=CC(=O)OC1CCCCC1OC(=O)NCC1CCC(CNC(=O)OC2CCCCC2OC(=O)C=C)CC1. The lowest BCUT2D eigenvalue weighted by Gasteiger charge is -2.32. The predicted molar refractivity (Wildman–Crippen MR) is 139 cm³/mol. The molecule has 0 aromatic rings. The van der Waals surface area contributed by atoms with Crippen molar-refractivity contribution in [2.24, 2.45) is 11.8 Å². The van der Waals surface area contributed by atoms with E-state index in [9.17, 15) is 19.2 Å². The number of nitrogens with one attached hydrogen (secondary N) is 2. The summed E-state index contributed by atoms with van der Waals surface area (Å²) in [5.74, 6) is -0.321. The summed E-state index contributed by atoms with van der Waals surface area (Å²) in [4.78, 5) is 47.9. The third kappa shape index (κ3) is 9.68. The standard InChI is InChI=1S/C28H42N2O8/c1-3-25(31)35-21-9-5-7-11-23(21)37-27(33)29-17-19-13-15-20(16-14-19)18-30-28(34)38-24-12-8-6-10-22(24)36-26(32)4-2/h3-4,19-24H,1-2,5-18H2,(H,29,33)(H,30,34). The summed E-state index contributed by atoms with van der Waals surface area (Å²) in [5, 5.41) is 5.73. The van der Waals surface area contributed by atoms with E-state index in [1.165, 1.54) is 0 Å². The maximum Gasteiger partial charge on any atom is 0.407 e. The number of hydrogen-bond acceptors (Lipinski definition) is 8. The normalized spacial score (nSPS) is 29.2. The summed E-state index contributed by atoms with van der Waals surface area (Å²) in [6.45, 7) is 7.88. The van der Waals surface area contributed by atoms with Crippen LogP contribution in [0.3, 0.4) is 0 Å². The molecule has 3 saturated carbocycles. The molecule has 0 radical (unpaired) electrons. The van der Waals surface area contributed by atoms with Crippen LogP contribution in [-0.2, 0) is 28.5 Å². The molecular formula is C28H42N2O8. The molecule has 2 amide bonds. The van der Waals surface area contributed by atoms with Gasteiger partial charge in [0.15, 0.2) is 0 Å². The fraction of sp³-hybridized carbons (Fsp3) is 0.714. The quantitative estimate of drug-likeness (QED) is 0.241. The van der Waals surface area contributed by atoms with Crippen molar-refractivity contribution in [1.29, 1.82) is 0 Å². The first kappa shape index (κ1) is 29.5. The van der Waals surface area contributed by atoms with Gasteiger partial charge in [0, 0.05) is 25.2 Å². The van der Waals surface area contributed by atoms with Gasteiger partial charge in [-0.1, -0.05) is 13.2 Å². The monoisotopic (exact) mass is 534 g/mol. The van der Waals surface area contributed by atoms with Gasteiger partial charge in [0.25, 0.3) is 0 Å². The Kier molecular flexibility index (Phi) is 12.0. The van der Waals surface area contributed by atoms with Crippen LogP contribution in [0.2, 0.25) is 0 Å². The van der Waals surface area contributed by atoms with Crippen molar-refractivity contribution in [2.45, 2.75) is 101 Å². The molecular weight excluding hydrogens is 492 g/mol. The minimum atomic E-state index is -0.502. The molecule has 3 rings (SSSR count). The van der Waals surface area contributed by atoms with Gasteiger partial charge in [-0.2, -0.15) is 0 Å². The number of amides is 2. The zero-order valence-corrected chi connectivity index (χ0v) is 22.2. The highest BCUT2D eigenvalue weighted by molar-refractivity contribution is 5.81. The second-order valence-corrected chi connectivity index (χ2v) is 10.5. The zero-order chi connectivity index (χ0) is 27.3. The highest BCUT2D eigenvalue weighted by Crippen LogP contribution is 2.29. The Morgan fingerprint density at radius 1 is 0.553 bits per heavy atom. The molecule has 3 aliphatic rings. The second-order valence-electron chi connectivity index (χ2n) is 10.5.